The lowest BCUT2D eigenvalue weighted by atomic mass is 9.85. The Morgan fingerprint density at radius 2 is 1.76 bits per heavy atom. The average Bonchev–Trinajstić information content (AvgIpc) is 2.23. The van der Waals surface area contributed by atoms with Crippen molar-refractivity contribution in [2.75, 3.05) is 17.6 Å². The molecule has 17 heavy (non-hydrogen) atoms. The van der Waals surface area contributed by atoms with Crippen molar-refractivity contribution in [1.29, 1.82) is 0 Å². The van der Waals surface area contributed by atoms with Gasteiger partial charge >= 0.3 is 0 Å². The molecule has 1 aromatic carbocycles. The molecule has 3 heteroatoms. The van der Waals surface area contributed by atoms with Crippen LogP contribution in [0.25, 0.3) is 0 Å². The van der Waals surface area contributed by atoms with Crippen LogP contribution in [0, 0.1) is 17.8 Å². The molecule has 0 fully saturated rings. The van der Waals surface area contributed by atoms with Crippen molar-refractivity contribution in [2.45, 2.75) is 27.7 Å². The summed E-state index contributed by atoms with van der Waals surface area (Å²) in [7, 11) is 0. The number of nitrogens with one attached hydrogen (secondary N) is 1. The Kier molecular flexibility index (Phi) is 5.13. The van der Waals surface area contributed by atoms with Gasteiger partial charge in [0.05, 0.1) is 16.4 Å². The number of para-hydroxylation sites is 1. The van der Waals surface area contributed by atoms with E-state index < -0.39 is 0 Å². The van der Waals surface area contributed by atoms with Crippen LogP contribution in [0.4, 0.5) is 11.4 Å². The van der Waals surface area contributed by atoms with Crippen molar-refractivity contribution in [2.24, 2.45) is 17.8 Å². The molecule has 1 aromatic rings. The van der Waals surface area contributed by atoms with E-state index in [1.54, 1.807) is 0 Å². The van der Waals surface area contributed by atoms with Gasteiger partial charge in [-0.1, -0.05) is 45.4 Å². The van der Waals surface area contributed by atoms with Crippen molar-refractivity contribution in [1.82, 2.24) is 0 Å². The van der Waals surface area contributed by atoms with Crippen LogP contribution >= 0.6 is 11.6 Å². The van der Waals surface area contributed by atoms with E-state index in [-0.39, 0.29) is 0 Å². The molecule has 0 radical (unpaired) electrons. The largest absolute Gasteiger partial charge is 0.396 e. The highest BCUT2D eigenvalue weighted by atomic mass is 35.5. The first-order valence-electron chi connectivity index (χ1n) is 6.21. The molecule has 0 aliphatic rings. The highest BCUT2D eigenvalue weighted by Crippen LogP contribution is 2.28. The van der Waals surface area contributed by atoms with Crippen molar-refractivity contribution in [3.63, 3.8) is 0 Å². The number of nitrogens with two attached hydrogens (primary N) is 1. The molecule has 0 unspecified atom stereocenters. The van der Waals surface area contributed by atoms with Gasteiger partial charge in [0, 0.05) is 6.54 Å². The van der Waals surface area contributed by atoms with Gasteiger partial charge in [-0.2, -0.15) is 0 Å². The summed E-state index contributed by atoms with van der Waals surface area (Å²) in [6.07, 6.45) is 0. The molecule has 0 aliphatic heterocycles. The van der Waals surface area contributed by atoms with Gasteiger partial charge in [0.1, 0.15) is 0 Å². The van der Waals surface area contributed by atoms with Crippen LogP contribution in [-0.4, -0.2) is 6.54 Å². The first-order chi connectivity index (χ1) is 7.93. The molecule has 3 N–H and O–H groups in total. The van der Waals surface area contributed by atoms with Gasteiger partial charge in [-0.25, -0.2) is 0 Å². The van der Waals surface area contributed by atoms with E-state index in [1.807, 2.05) is 18.2 Å². The lowest BCUT2D eigenvalue weighted by Gasteiger charge is -2.26. The van der Waals surface area contributed by atoms with Crippen LogP contribution in [0.3, 0.4) is 0 Å². The van der Waals surface area contributed by atoms with E-state index in [0.717, 1.165) is 12.2 Å². The lowest BCUT2D eigenvalue weighted by molar-refractivity contribution is 0.304. The monoisotopic (exact) mass is 254 g/mol. The van der Waals surface area contributed by atoms with Gasteiger partial charge in [-0.05, 0) is 29.9 Å². The number of halogens is 1. The van der Waals surface area contributed by atoms with Crippen LogP contribution < -0.4 is 11.1 Å². The van der Waals surface area contributed by atoms with Crippen LogP contribution in [0.2, 0.25) is 5.02 Å². The molecule has 2 nitrogen and oxygen atoms in total. The molecule has 0 aromatic heterocycles. The normalized spacial score (nSPS) is 11.5. The van der Waals surface area contributed by atoms with E-state index in [1.165, 1.54) is 0 Å². The second-order valence-corrected chi connectivity index (χ2v) is 5.64. The van der Waals surface area contributed by atoms with Crippen LogP contribution in [0.15, 0.2) is 18.2 Å². The third-order valence-corrected chi connectivity index (χ3v) is 3.62. The molecule has 0 saturated carbocycles. The number of nitrogen functional groups attached to an aromatic ring is 1. The maximum atomic E-state index is 5.99. The molecule has 96 valence electrons. The second-order valence-electron chi connectivity index (χ2n) is 5.23. The molecule has 0 bridgehead atoms. The number of benzene rings is 1. The van der Waals surface area contributed by atoms with Gasteiger partial charge in [0.25, 0.3) is 0 Å². The summed E-state index contributed by atoms with van der Waals surface area (Å²) in [6.45, 7) is 9.96. The lowest BCUT2D eigenvalue weighted by Crippen LogP contribution is -2.24. The molecule has 0 saturated heterocycles. The number of hydrogen-bond donors (Lipinski definition) is 2. The second kappa shape index (κ2) is 6.15. The summed E-state index contributed by atoms with van der Waals surface area (Å²) in [6, 6.07) is 5.70. The van der Waals surface area contributed by atoms with Crippen molar-refractivity contribution < 1.29 is 0 Å². The average molecular weight is 255 g/mol. The molecule has 0 spiro atoms. The van der Waals surface area contributed by atoms with E-state index in [2.05, 4.69) is 33.0 Å². The minimum Gasteiger partial charge on any atom is -0.396 e. The summed E-state index contributed by atoms with van der Waals surface area (Å²) in [4.78, 5) is 0. The molecule has 0 aliphatic carbocycles. The highest BCUT2D eigenvalue weighted by Gasteiger charge is 2.17. The molecular weight excluding hydrogens is 232 g/mol. The minimum absolute atomic E-state index is 0.612. The molecular formula is C14H23ClN2. The van der Waals surface area contributed by atoms with Gasteiger partial charge in [0.2, 0.25) is 0 Å². The quantitative estimate of drug-likeness (QED) is 0.771. The van der Waals surface area contributed by atoms with Gasteiger partial charge in [-0.3, -0.25) is 0 Å². The Morgan fingerprint density at radius 3 is 2.29 bits per heavy atom. The number of anilines is 2. The number of hydrogen-bond acceptors (Lipinski definition) is 2. The maximum Gasteiger partial charge on any atom is 0.0739 e. The third kappa shape index (κ3) is 3.81. The maximum absolute atomic E-state index is 5.99. The third-order valence-electron chi connectivity index (χ3n) is 3.29. The highest BCUT2D eigenvalue weighted by molar-refractivity contribution is 6.33. The summed E-state index contributed by atoms with van der Waals surface area (Å²) in [5.74, 6) is 1.94. The molecule has 0 heterocycles. The van der Waals surface area contributed by atoms with E-state index in [4.69, 9.17) is 17.3 Å². The predicted molar refractivity (Wildman–Crippen MR) is 77.5 cm³/mol. The molecule has 0 amide bonds. The van der Waals surface area contributed by atoms with E-state index in [9.17, 15) is 0 Å². The fourth-order valence-electron chi connectivity index (χ4n) is 2.16. The fraction of sp³-hybridized carbons (Fsp3) is 0.571. The zero-order valence-corrected chi connectivity index (χ0v) is 11.9. The van der Waals surface area contributed by atoms with Crippen LogP contribution in [0.1, 0.15) is 27.7 Å². The Hall–Kier alpha value is -0.890. The molecule has 0 atom stereocenters. The van der Waals surface area contributed by atoms with Crippen molar-refractivity contribution in [3.05, 3.63) is 23.2 Å². The Morgan fingerprint density at radius 1 is 1.18 bits per heavy atom. The van der Waals surface area contributed by atoms with E-state index in [0.29, 0.717) is 28.5 Å². The topological polar surface area (TPSA) is 38.0 Å². The Labute approximate surface area is 110 Å². The predicted octanol–water partition coefficient (Wildman–Crippen LogP) is 4.26. The summed E-state index contributed by atoms with van der Waals surface area (Å²) >= 11 is 5.99. The zero-order chi connectivity index (χ0) is 13.0. The van der Waals surface area contributed by atoms with Gasteiger partial charge in [-0.15, -0.1) is 0 Å². The summed E-state index contributed by atoms with van der Waals surface area (Å²) in [5, 5.41) is 4.02. The first kappa shape index (κ1) is 14.2. The standard InChI is InChI=1S/C14H23ClN2/c1-9(2)11(10(3)4)8-17-13-7-5-6-12(15)14(13)16/h5-7,9-11,17H,8,16H2,1-4H3. The Bertz CT molecular complexity index is 353. The zero-order valence-electron chi connectivity index (χ0n) is 11.1. The van der Waals surface area contributed by atoms with E-state index >= 15 is 0 Å². The SMILES string of the molecule is CC(C)C(CNc1cccc(Cl)c1N)C(C)C. The van der Waals surface area contributed by atoms with Crippen LogP contribution in [-0.2, 0) is 0 Å². The Balaban J connectivity index is 2.69. The van der Waals surface area contributed by atoms with Crippen molar-refractivity contribution in [3.8, 4) is 0 Å². The number of rotatable bonds is 5. The van der Waals surface area contributed by atoms with Gasteiger partial charge < -0.3 is 11.1 Å². The smallest absolute Gasteiger partial charge is 0.0739 e. The molecule has 1 rings (SSSR count). The van der Waals surface area contributed by atoms with Crippen molar-refractivity contribution >= 4 is 23.0 Å². The first-order valence-corrected chi connectivity index (χ1v) is 6.59. The summed E-state index contributed by atoms with van der Waals surface area (Å²) < 4.78 is 0. The fourth-order valence-corrected chi connectivity index (χ4v) is 2.33. The minimum atomic E-state index is 0.612. The van der Waals surface area contributed by atoms with Gasteiger partial charge in [0.15, 0.2) is 0 Å². The summed E-state index contributed by atoms with van der Waals surface area (Å²) in [5.41, 5.74) is 7.50. The van der Waals surface area contributed by atoms with Crippen LogP contribution in [0.5, 0.6) is 0 Å².